The van der Waals surface area contributed by atoms with Crippen molar-refractivity contribution >= 4 is 0 Å². The normalized spacial score (nSPS) is 30.8. The first kappa shape index (κ1) is 10.0. The van der Waals surface area contributed by atoms with Crippen molar-refractivity contribution in [2.75, 3.05) is 0 Å². The Hall–Kier alpha value is -0.0800. The smallest absolute Gasteiger partial charge is 0.105 e. The van der Waals surface area contributed by atoms with Crippen molar-refractivity contribution in [3.05, 3.63) is 0 Å². The molecule has 3 atom stereocenters. The quantitative estimate of drug-likeness (QED) is 0.618. The first-order valence-electron chi connectivity index (χ1n) is 5.03. The number of rotatable bonds is 5. The van der Waals surface area contributed by atoms with E-state index in [9.17, 15) is 5.11 Å². The van der Waals surface area contributed by atoms with Crippen LogP contribution in [0.1, 0.15) is 40.0 Å². The fourth-order valence-corrected chi connectivity index (χ4v) is 1.64. The van der Waals surface area contributed by atoms with Gasteiger partial charge in [0, 0.05) is 6.04 Å². The van der Waals surface area contributed by atoms with Crippen molar-refractivity contribution < 1.29 is 5.11 Å². The highest BCUT2D eigenvalue weighted by atomic mass is 16.3. The van der Waals surface area contributed by atoms with Crippen LogP contribution in [-0.2, 0) is 0 Å². The molecule has 1 saturated carbocycles. The van der Waals surface area contributed by atoms with Crippen LogP contribution in [0, 0.1) is 11.8 Å². The minimum Gasteiger partial charge on any atom is -0.379 e. The zero-order chi connectivity index (χ0) is 9.14. The lowest BCUT2D eigenvalue weighted by Crippen LogP contribution is -2.34. The lowest BCUT2D eigenvalue weighted by Gasteiger charge is -2.15. The van der Waals surface area contributed by atoms with Crippen LogP contribution in [0.3, 0.4) is 0 Å². The molecule has 0 aromatic carbocycles. The number of hydrogen-bond acceptors (Lipinski definition) is 2. The summed E-state index contributed by atoms with van der Waals surface area (Å²) < 4.78 is 0. The average molecular weight is 171 g/mol. The van der Waals surface area contributed by atoms with Gasteiger partial charge < -0.3 is 5.11 Å². The van der Waals surface area contributed by atoms with E-state index in [2.05, 4.69) is 26.1 Å². The Balaban J connectivity index is 1.98. The van der Waals surface area contributed by atoms with Gasteiger partial charge in [-0.2, -0.15) is 0 Å². The minimum atomic E-state index is -0.294. The van der Waals surface area contributed by atoms with Crippen molar-refractivity contribution in [1.29, 1.82) is 0 Å². The Labute approximate surface area is 75.4 Å². The van der Waals surface area contributed by atoms with Gasteiger partial charge in [0.1, 0.15) is 6.23 Å². The first-order chi connectivity index (χ1) is 5.59. The van der Waals surface area contributed by atoms with Crippen LogP contribution in [0.25, 0.3) is 0 Å². The monoisotopic (exact) mass is 171 g/mol. The van der Waals surface area contributed by atoms with Crippen LogP contribution in [0.2, 0.25) is 0 Å². The average Bonchev–Trinajstić information content (AvgIpc) is 2.61. The third-order valence-corrected chi connectivity index (χ3v) is 2.61. The highest BCUT2D eigenvalue weighted by molar-refractivity contribution is 4.82. The van der Waals surface area contributed by atoms with E-state index in [1.807, 2.05) is 0 Å². The predicted molar refractivity (Wildman–Crippen MR) is 50.8 cm³/mol. The minimum absolute atomic E-state index is 0.294. The van der Waals surface area contributed by atoms with Crippen molar-refractivity contribution in [2.45, 2.75) is 52.3 Å². The van der Waals surface area contributed by atoms with E-state index in [1.54, 1.807) is 0 Å². The molecule has 0 aliphatic heterocycles. The summed E-state index contributed by atoms with van der Waals surface area (Å²) in [6.45, 7) is 6.40. The van der Waals surface area contributed by atoms with Crippen molar-refractivity contribution in [2.24, 2.45) is 11.8 Å². The van der Waals surface area contributed by atoms with Crippen LogP contribution in [0.5, 0.6) is 0 Å². The molecule has 12 heavy (non-hydrogen) atoms. The molecule has 3 unspecified atom stereocenters. The predicted octanol–water partition coefficient (Wildman–Crippen LogP) is 1.74. The van der Waals surface area contributed by atoms with Crippen molar-refractivity contribution in [3.8, 4) is 0 Å². The number of hydrogen-bond donors (Lipinski definition) is 2. The van der Waals surface area contributed by atoms with Crippen molar-refractivity contribution in [1.82, 2.24) is 5.32 Å². The van der Waals surface area contributed by atoms with E-state index < -0.39 is 0 Å². The third-order valence-electron chi connectivity index (χ3n) is 2.61. The van der Waals surface area contributed by atoms with E-state index >= 15 is 0 Å². The van der Waals surface area contributed by atoms with Gasteiger partial charge in [-0.05, 0) is 44.9 Å². The summed E-state index contributed by atoms with van der Waals surface area (Å²) in [4.78, 5) is 0. The van der Waals surface area contributed by atoms with Crippen LogP contribution < -0.4 is 5.32 Å². The molecule has 0 aromatic rings. The molecule has 2 heteroatoms. The molecule has 0 saturated heterocycles. The molecule has 0 bridgehead atoms. The Morgan fingerprint density at radius 2 is 2.08 bits per heavy atom. The highest BCUT2D eigenvalue weighted by Gasteiger charge is 2.32. The van der Waals surface area contributed by atoms with E-state index in [-0.39, 0.29) is 6.23 Å². The van der Waals surface area contributed by atoms with E-state index in [4.69, 9.17) is 0 Å². The van der Waals surface area contributed by atoms with Crippen LogP contribution in [0.4, 0.5) is 0 Å². The van der Waals surface area contributed by atoms with Crippen LogP contribution >= 0.6 is 0 Å². The van der Waals surface area contributed by atoms with E-state index in [1.165, 1.54) is 12.8 Å². The molecule has 1 aliphatic rings. The van der Waals surface area contributed by atoms with Gasteiger partial charge in [-0.25, -0.2) is 0 Å². The van der Waals surface area contributed by atoms with Gasteiger partial charge in [0.2, 0.25) is 0 Å². The van der Waals surface area contributed by atoms with Gasteiger partial charge in [0.25, 0.3) is 0 Å². The zero-order valence-electron chi connectivity index (χ0n) is 8.38. The number of aliphatic hydroxyl groups excluding tert-OH is 1. The van der Waals surface area contributed by atoms with Crippen LogP contribution in [-0.4, -0.2) is 17.4 Å². The van der Waals surface area contributed by atoms with Gasteiger partial charge in [0.05, 0.1) is 0 Å². The summed E-state index contributed by atoms with van der Waals surface area (Å²) in [6, 6.07) is 0.386. The third kappa shape index (κ3) is 3.55. The second-order valence-electron chi connectivity index (χ2n) is 4.39. The van der Waals surface area contributed by atoms with Gasteiger partial charge in [-0.15, -0.1) is 0 Å². The molecule has 0 amide bonds. The zero-order valence-corrected chi connectivity index (χ0v) is 8.38. The summed E-state index contributed by atoms with van der Waals surface area (Å²) in [7, 11) is 0. The Kier molecular flexibility index (Phi) is 3.53. The lowest BCUT2D eigenvalue weighted by atomic mass is 10.1. The Morgan fingerprint density at radius 3 is 2.50 bits per heavy atom. The molecule has 2 N–H and O–H groups in total. The number of nitrogens with one attached hydrogen (secondary N) is 1. The molecule has 1 rings (SSSR count). The largest absolute Gasteiger partial charge is 0.379 e. The summed E-state index contributed by atoms with van der Waals surface area (Å²) in [5.74, 6) is 1.81. The number of aliphatic hydroxyl groups is 1. The maximum absolute atomic E-state index is 9.47. The maximum Gasteiger partial charge on any atom is 0.105 e. The molecule has 72 valence electrons. The molecule has 0 heterocycles. The first-order valence-corrected chi connectivity index (χ1v) is 5.03. The molecule has 2 nitrogen and oxygen atoms in total. The SMILES string of the molecule is CC(C)NC(O)CCC1CC1C. The molecule has 0 aromatic heterocycles. The molecular formula is C10H21NO. The summed E-state index contributed by atoms with van der Waals surface area (Å²) in [6.07, 6.45) is 3.17. The molecule has 1 aliphatic carbocycles. The second-order valence-corrected chi connectivity index (χ2v) is 4.39. The van der Waals surface area contributed by atoms with Gasteiger partial charge in [-0.1, -0.05) is 6.92 Å². The topological polar surface area (TPSA) is 32.3 Å². The fourth-order valence-electron chi connectivity index (χ4n) is 1.64. The summed E-state index contributed by atoms with van der Waals surface area (Å²) >= 11 is 0. The highest BCUT2D eigenvalue weighted by Crippen LogP contribution is 2.41. The Bertz CT molecular complexity index is 136. The van der Waals surface area contributed by atoms with E-state index in [0.29, 0.717) is 6.04 Å². The van der Waals surface area contributed by atoms with E-state index in [0.717, 1.165) is 18.3 Å². The summed E-state index contributed by atoms with van der Waals surface area (Å²) in [5.41, 5.74) is 0. The van der Waals surface area contributed by atoms with Gasteiger partial charge >= 0.3 is 0 Å². The Morgan fingerprint density at radius 1 is 1.50 bits per heavy atom. The van der Waals surface area contributed by atoms with Gasteiger partial charge in [-0.3, -0.25) is 5.32 Å². The molecular weight excluding hydrogens is 150 g/mol. The lowest BCUT2D eigenvalue weighted by molar-refractivity contribution is 0.114. The molecule has 1 fully saturated rings. The van der Waals surface area contributed by atoms with Crippen LogP contribution in [0.15, 0.2) is 0 Å². The summed E-state index contributed by atoms with van der Waals surface area (Å²) in [5, 5.41) is 12.6. The molecule has 0 radical (unpaired) electrons. The second kappa shape index (κ2) is 4.24. The fraction of sp³-hybridized carbons (Fsp3) is 1.00. The molecule has 0 spiro atoms. The van der Waals surface area contributed by atoms with Gasteiger partial charge in [0.15, 0.2) is 0 Å². The van der Waals surface area contributed by atoms with Crippen molar-refractivity contribution in [3.63, 3.8) is 0 Å². The standard InChI is InChI=1S/C10H21NO/c1-7(2)11-10(12)5-4-9-6-8(9)3/h7-12H,4-6H2,1-3H3. The maximum atomic E-state index is 9.47.